The van der Waals surface area contributed by atoms with Crippen molar-refractivity contribution in [3.8, 4) is 5.75 Å². The van der Waals surface area contributed by atoms with Crippen molar-refractivity contribution in [1.82, 2.24) is 14.9 Å². The summed E-state index contributed by atoms with van der Waals surface area (Å²) in [6.07, 6.45) is 4.93. The highest BCUT2D eigenvalue weighted by atomic mass is 16.5. The first kappa shape index (κ1) is 15.6. The highest BCUT2D eigenvalue weighted by Crippen LogP contribution is 2.33. The second-order valence-corrected chi connectivity index (χ2v) is 6.88. The SMILES string of the molecule is COc1ccc(CN2CC3CN(C4N=CC=CN4O)CC3C2)cc1. The molecule has 0 radical (unpaired) electrons. The molecule has 24 heavy (non-hydrogen) atoms. The van der Waals surface area contributed by atoms with E-state index in [9.17, 15) is 5.21 Å². The molecule has 3 atom stereocenters. The molecule has 128 valence electrons. The number of aliphatic imine (C=N–C) groups is 1. The Morgan fingerprint density at radius 2 is 1.83 bits per heavy atom. The molecule has 1 aromatic carbocycles. The van der Waals surface area contributed by atoms with Gasteiger partial charge < -0.3 is 4.74 Å². The number of hydrogen-bond donors (Lipinski definition) is 1. The van der Waals surface area contributed by atoms with Gasteiger partial charge in [0.2, 0.25) is 6.29 Å². The van der Waals surface area contributed by atoms with Gasteiger partial charge in [-0.2, -0.15) is 0 Å². The molecule has 3 aliphatic rings. The van der Waals surface area contributed by atoms with Crippen molar-refractivity contribution in [2.45, 2.75) is 12.8 Å². The Bertz CT molecular complexity index is 616. The summed E-state index contributed by atoms with van der Waals surface area (Å²) in [5.41, 5.74) is 1.33. The maximum Gasteiger partial charge on any atom is 0.201 e. The third-order valence-electron chi connectivity index (χ3n) is 5.26. The first-order chi connectivity index (χ1) is 11.7. The summed E-state index contributed by atoms with van der Waals surface area (Å²) in [6.45, 7) is 5.22. The fourth-order valence-electron chi connectivity index (χ4n) is 4.09. The summed E-state index contributed by atoms with van der Waals surface area (Å²) >= 11 is 0. The monoisotopic (exact) mass is 328 g/mol. The van der Waals surface area contributed by atoms with E-state index in [4.69, 9.17) is 4.74 Å². The zero-order valence-electron chi connectivity index (χ0n) is 14.0. The third-order valence-corrected chi connectivity index (χ3v) is 5.26. The molecule has 0 aliphatic carbocycles. The first-order valence-corrected chi connectivity index (χ1v) is 8.49. The average molecular weight is 328 g/mol. The van der Waals surface area contributed by atoms with Gasteiger partial charge in [-0.1, -0.05) is 12.1 Å². The number of hydrogen-bond acceptors (Lipinski definition) is 6. The van der Waals surface area contributed by atoms with Crippen LogP contribution in [0.2, 0.25) is 0 Å². The maximum atomic E-state index is 9.95. The molecule has 4 rings (SSSR count). The molecule has 1 aromatic rings. The van der Waals surface area contributed by atoms with E-state index in [1.54, 1.807) is 25.6 Å². The Balaban J connectivity index is 1.32. The van der Waals surface area contributed by atoms with Gasteiger partial charge in [0.15, 0.2) is 0 Å². The summed E-state index contributed by atoms with van der Waals surface area (Å²) in [5, 5.41) is 11.2. The number of rotatable bonds is 4. The lowest BCUT2D eigenvalue weighted by Crippen LogP contribution is -2.44. The van der Waals surface area contributed by atoms with E-state index in [1.165, 1.54) is 10.6 Å². The van der Waals surface area contributed by atoms with Crippen molar-refractivity contribution in [2.24, 2.45) is 16.8 Å². The largest absolute Gasteiger partial charge is 0.497 e. The van der Waals surface area contributed by atoms with Crippen molar-refractivity contribution < 1.29 is 9.94 Å². The van der Waals surface area contributed by atoms with Crippen molar-refractivity contribution >= 4 is 6.21 Å². The molecule has 0 spiro atoms. The number of nitrogens with zero attached hydrogens (tertiary/aromatic N) is 4. The predicted octanol–water partition coefficient (Wildman–Crippen LogP) is 1.63. The quantitative estimate of drug-likeness (QED) is 0.910. The number of benzene rings is 1. The lowest BCUT2D eigenvalue weighted by atomic mass is 10.0. The van der Waals surface area contributed by atoms with Gasteiger partial charge in [-0.15, -0.1) is 0 Å². The van der Waals surface area contributed by atoms with Crippen molar-refractivity contribution in [1.29, 1.82) is 0 Å². The number of hydroxylamine groups is 2. The number of ether oxygens (including phenoxy) is 1. The number of fused-ring (bicyclic) bond motifs is 1. The standard InChI is InChI=1S/C18H24N4O2/c1-24-17-5-3-14(4-6-17)9-20-10-15-12-21(13-16(15)11-20)18-19-7-2-8-22(18)23/h2-8,15-16,18,23H,9-13H2,1H3. The molecule has 2 fully saturated rings. The van der Waals surface area contributed by atoms with Crippen LogP contribution in [0.1, 0.15) is 5.56 Å². The second-order valence-electron chi connectivity index (χ2n) is 6.88. The van der Waals surface area contributed by atoms with Crippen LogP contribution in [0.15, 0.2) is 41.5 Å². The topological polar surface area (TPSA) is 51.5 Å². The molecule has 6 nitrogen and oxygen atoms in total. The number of allylic oxidation sites excluding steroid dienone is 1. The number of likely N-dealkylation sites (tertiary alicyclic amines) is 2. The van der Waals surface area contributed by atoms with Crippen LogP contribution in [0, 0.1) is 11.8 Å². The minimum Gasteiger partial charge on any atom is -0.497 e. The highest BCUT2D eigenvalue weighted by molar-refractivity contribution is 5.71. The van der Waals surface area contributed by atoms with E-state index in [-0.39, 0.29) is 6.29 Å². The summed E-state index contributed by atoms with van der Waals surface area (Å²) in [4.78, 5) is 9.20. The normalized spacial score (nSPS) is 30.1. The Kier molecular flexibility index (Phi) is 4.26. The third kappa shape index (κ3) is 3.05. The minimum absolute atomic E-state index is 0.254. The average Bonchev–Trinajstić information content (AvgIpc) is 3.14. The van der Waals surface area contributed by atoms with Gasteiger partial charge in [0, 0.05) is 45.1 Å². The van der Waals surface area contributed by atoms with Gasteiger partial charge in [0.1, 0.15) is 5.75 Å². The lowest BCUT2D eigenvalue weighted by Gasteiger charge is -2.32. The van der Waals surface area contributed by atoms with Crippen molar-refractivity contribution in [3.05, 3.63) is 42.1 Å². The first-order valence-electron chi connectivity index (χ1n) is 8.49. The minimum atomic E-state index is -0.254. The van der Waals surface area contributed by atoms with Crippen molar-refractivity contribution in [2.75, 3.05) is 33.3 Å². The van der Waals surface area contributed by atoms with Gasteiger partial charge >= 0.3 is 0 Å². The Morgan fingerprint density at radius 3 is 2.46 bits per heavy atom. The van der Waals surface area contributed by atoms with Crippen LogP contribution >= 0.6 is 0 Å². The van der Waals surface area contributed by atoms with Crippen LogP contribution in [0.3, 0.4) is 0 Å². The Morgan fingerprint density at radius 1 is 1.12 bits per heavy atom. The summed E-state index contributed by atoms with van der Waals surface area (Å²) in [7, 11) is 1.70. The molecule has 0 amide bonds. The lowest BCUT2D eigenvalue weighted by molar-refractivity contribution is -0.126. The van der Waals surface area contributed by atoms with Gasteiger partial charge in [-0.05, 0) is 35.6 Å². The summed E-state index contributed by atoms with van der Waals surface area (Å²) < 4.78 is 5.22. The summed E-state index contributed by atoms with van der Waals surface area (Å²) in [6, 6.07) is 8.34. The van der Waals surface area contributed by atoms with E-state index in [0.717, 1.165) is 38.5 Å². The van der Waals surface area contributed by atoms with E-state index in [2.05, 4.69) is 26.9 Å². The van der Waals surface area contributed by atoms with Crippen LogP contribution in [0.4, 0.5) is 0 Å². The molecule has 3 unspecified atom stereocenters. The zero-order chi connectivity index (χ0) is 16.5. The smallest absolute Gasteiger partial charge is 0.201 e. The fourth-order valence-corrected chi connectivity index (χ4v) is 4.09. The number of methoxy groups -OCH3 is 1. The summed E-state index contributed by atoms with van der Waals surface area (Å²) in [5.74, 6) is 2.24. The van der Waals surface area contributed by atoms with E-state index in [1.807, 2.05) is 12.1 Å². The van der Waals surface area contributed by atoms with Crippen molar-refractivity contribution in [3.63, 3.8) is 0 Å². The molecule has 0 saturated carbocycles. The second kappa shape index (κ2) is 6.55. The molecule has 0 bridgehead atoms. The molecular formula is C18H24N4O2. The fraction of sp³-hybridized carbons (Fsp3) is 0.500. The zero-order valence-corrected chi connectivity index (χ0v) is 14.0. The van der Waals surface area contributed by atoms with Gasteiger partial charge in [0.05, 0.1) is 7.11 Å². The molecular weight excluding hydrogens is 304 g/mol. The Hall–Kier alpha value is -1.89. The van der Waals surface area contributed by atoms with E-state index < -0.39 is 0 Å². The molecule has 3 aliphatic heterocycles. The Labute approximate surface area is 142 Å². The van der Waals surface area contributed by atoms with Gasteiger partial charge in [-0.3, -0.25) is 20.0 Å². The highest BCUT2D eigenvalue weighted by Gasteiger charge is 2.42. The van der Waals surface area contributed by atoms with E-state index in [0.29, 0.717) is 11.8 Å². The van der Waals surface area contributed by atoms with Crippen LogP contribution in [-0.4, -0.2) is 65.9 Å². The maximum absolute atomic E-state index is 9.95. The molecule has 1 N–H and O–H groups in total. The molecule has 6 heteroatoms. The van der Waals surface area contributed by atoms with Crippen LogP contribution in [-0.2, 0) is 6.54 Å². The van der Waals surface area contributed by atoms with Crippen LogP contribution in [0.25, 0.3) is 0 Å². The molecule has 3 heterocycles. The van der Waals surface area contributed by atoms with Crippen LogP contribution in [0.5, 0.6) is 5.75 Å². The van der Waals surface area contributed by atoms with Gasteiger partial charge in [-0.25, -0.2) is 5.06 Å². The molecule has 2 saturated heterocycles. The van der Waals surface area contributed by atoms with Gasteiger partial charge in [0.25, 0.3) is 0 Å². The predicted molar refractivity (Wildman–Crippen MR) is 91.9 cm³/mol. The van der Waals surface area contributed by atoms with E-state index >= 15 is 0 Å². The van der Waals surface area contributed by atoms with Crippen LogP contribution < -0.4 is 4.74 Å². The molecule has 0 aromatic heterocycles.